The molecule has 0 aliphatic heterocycles. The third kappa shape index (κ3) is 3.32. The molecule has 0 atom stereocenters. The molecule has 0 bridgehead atoms. The number of hydrogen-bond donors (Lipinski definition) is 1. The lowest BCUT2D eigenvalue weighted by atomic mass is 10.2. The molecule has 0 aliphatic rings. The molecule has 1 aromatic carbocycles. The highest BCUT2D eigenvalue weighted by molar-refractivity contribution is 5.45. The average Bonchev–Trinajstić information content (AvgIpc) is 2.73. The molecule has 4 heteroatoms. The number of nitrogens with one attached hydrogen (secondary N) is 1. The van der Waals surface area contributed by atoms with Crippen molar-refractivity contribution in [3.05, 3.63) is 42.0 Å². The van der Waals surface area contributed by atoms with Crippen LogP contribution in [0.25, 0.3) is 0 Å². The molecular formula is C14H20N4. The summed E-state index contributed by atoms with van der Waals surface area (Å²) in [5.41, 5.74) is 2.37. The van der Waals surface area contributed by atoms with Crippen molar-refractivity contribution < 1.29 is 0 Å². The van der Waals surface area contributed by atoms with Crippen LogP contribution in [-0.4, -0.2) is 14.8 Å². The zero-order chi connectivity index (χ0) is 13.0. The molecule has 2 aromatic rings. The molecule has 1 N–H and O–H groups in total. The van der Waals surface area contributed by atoms with Crippen LogP contribution < -0.4 is 5.32 Å². The van der Waals surface area contributed by atoms with Gasteiger partial charge in [0.2, 0.25) is 0 Å². The first kappa shape index (κ1) is 12.6. The van der Waals surface area contributed by atoms with Crippen molar-refractivity contribution in [2.45, 2.75) is 33.9 Å². The molecule has 0 saturated carbocycles. The summed E-state index contributed by atoms with van der Waals surface area (Å²) in [6.45, 7) is 8.06. The molecule has 2 rings (SSSR count). The van der Waals surface area contributed by atoms with E-state index in [-0.39, 0.29) is 0 Å². The molecule has 0 unspecified atom stereocenters. The molecule has 1 aromatic heterocycles. The lowest BCUT2D eigenvalue weighted by Gasteiger charge is -2.10. The lowest BCUT2D eigenvalue weighted by Crippen LogP contribution is -2.13. The number of hydrogen-bond acceptors (Lipinski definition) is 3. The van der Waals surface area contributed by atoms with Crippen molar-refractivity contribution in [2.24, 2.45) is 5.92 Å². The highest BCUT2D eigenvalue weighted by Crippen LogP contribution is 2.11. The Balaban J connectivity index is 2.00. The predicted molar refractivity (Wildman–Crippen MR) is 73.4 cm³/mol. The van der Waals surface area contributed by atoms with Crippen LogP contribution in [0.4, 0.5) is 5.69 Å². The van der Waals surface area contributed by atoms with Crippen LogP contribution in [0, 0.1) is 12.8 Å². The Bertz CT molecular complexity index is 502. The molecule has 0 amide bonds. The van der Waals surface area contributed by atoms with Crippen molar-refractivity contribution in [3.63, 3.8) is 0 Å². The van der Waals surface area contributed by atoms with Crippen LogP contribution in [0.15, 0.2) is 30.6 Å². The summed E-state index contributed by atoms with van der Waals surface area (Å²) in [4.78, 5) is 4.30. The standard InChI is InChI=1S/C14H20N4/c1-11(2)9-18-14(16-10-17-18)8-15-13-6-4-5-12(3)7-13/h4-7,10-11,15H,8-9H2,1-3H3. The molecule has 0 saturated heterocycles. The molecule has 1 heterocycles. The Labute approximate surface area is 108 Å². The third-order valence-electron chi connectivity index (χ3n) is 2.70. The molecule has 0 radical (unpaired) electrons. The Morgan fingerprint density at radius 2 is 2.17 bits per heavy atom. The second kappa shape index (κ2) is 5.67. The van der Waals surface area contributed by atoms with Crippen LogP contribution in [0.5, 0.6) is 0 Å². The van der Waals surface area contributed by atoms with Gasteiger partial charge >= 0.3 is 0 Å². The number of aryl methyl sites for hydroxylation is 1. The maximum Gasteiger partial charge on any atom is 0.146 e. The molecule has 4 nitrogen and oxygen atoms in total. The van der Waals surface area contributed by atoms with Crippen molar-refractivity contribution in [2.75, 3.05) is 5.32 Å². The SMILES string of the molecule is Cc1cccc(NCc2ncnn2CC(C)C)c1. The van der Waals surface area contributed by atoms with Crippen LogP contribution in [0.3, 0.4) is 0 Å². The molecule has 0 fully saturated rings. The second-order valence-corrected chi connectivity index (χ2v) is 4.98. The van der Waals surface area contributed by atoms with Gasteiger partial charge in [-0.05, 0) is 30.5 Å². The van der Waals surface area contributed by atoms with Crippen molar-refractivity contribution in [1.82, 2.24) is 14.8 Å². The van der Waals surface area contributed by atoms with Gasteiger partial charge in [0.15, 0.2) is 0 Å². The summed E-state index contributed by atoms with van der Waals surface area (Å²) >= 11 is 0. The molecule has 0 spiro atoms. The smallest absolute Gasteiger partial charge is 0.146 e. The van der Waals surface area contributed by atoms with Crippen LogP contribution in [-0.2, 0) is 13.1 Å². The van der Waals surface area contributed by atoms with Crippen LogP contribution in [0.2, 0.25) is 0 Å². The Morgan fingerprint density at radius 3 is 2.89 bits per heavy atom. The number of aromatic nitrogens is 3. The van der Waals surface area contributed by atoms with Gasteiger partial charge in [0.25, 0.3) is 0 Å². The summed E-state index contributed by atoms with van der Waals surface area (Å²) in [5.74, 6) is 1.55. The van der Waals surface area contributed by atoms with E-state index in [0.29, 0.717) is 12.5 Å². The summed E-state index contributed by atoms with van der Waals surface area (Å²) in [6, 6.07) is 8.34. The quantitative estimate of drug-likeness (QED) is 0.879. The van der Waals surface area contributed by atoms with E-state index in [0.717, 1.165) is 18.1 Å². The van der Waals surface area contributed by atoms with Gasteiger partial charge in [-0.2, -0.15) is 5.10 Å². The van der Waals surface area contributed by atoms with Crippen molar-refractivity contribution in [1.29, 1.82) is 0 Å². The zero-order valence-corrected chi connectivity index (χ0v) is 11.2. The van der Waals surface area contributed by atoms with Gasteiger partial charge in [-0.25, -0.2) is 9.67 Å². The van der Waals surface area contributed by atoms with Gasteiger partial charge in [0.1, 0.15) is 12.2 Å². The van der Waals surface area contributed by atoms with Gasteiger partial charge in [0, 0.05) is 12.2 Å². The molecule has 18 heavy (non-hydrogen) atoms. The number of anilines is 1. The van der Waals surface area contributed by atoms with Crippen molar-refractivity contribution in [3.8, 4) is 0 Å². The minimum Gasteiger partial charge on any atom is -0.378 e. The van der Waals surface area contributed by atoms with Gasteiger partial charge in [-0.3, -0.25) is 0 Å². The first-order valence-corrected chi connectivity index (χ1v) is 6.32. The van der Waals surface area contributed by atoms with E-state index in [4.69, 9.17) is 0 Å². The molecule has 0 aliphatic carbocycles. The highest BCUT2D eigenvalue weighted by atomic mass is 15.3. The van der Waals surface area contributed by atoms with E-state index >= 15 is 0 Å². The Morgan fingerprint density at radius 1 is 1.33 bits per heavy atom. The number of rotatable bonds is 5. The molecule has 96 valence electrons. The van der Waals surface area contributed by atoms with Crippen LogP contribution >= 0.6 is 0 Å². The fourth-order valence-electron chi connectivity index (χ4n) is 1.86. The fraction of sp³-hybridized carbons (Fsp3) is 0.429. The van der Waals surface area contributed by atoms with E-state index in [1.165, 1.54) is 5.56 Å². The minimum absolute atomic E-state index is 0.574. The maximum atomic E-state index is 4.30. The minimum atomic E-state index is 0.574. The number of benzene rings is 1. The third-order valence-corrected chi connectivity index (χ3v) is 2.70. The van der Waals surface area contributed by atoms with Gasteiger partial charge < -0.3 is 5.32 Å². The van der Waals surface area contributed by atoms with E-state index in [1.807, 2.05) is 4.68 Å². The van der Waals surface area contributed by atoms with Gasteiger partial charge in [-0.15, -0.1) is 0 Å². The number of nitrogens with zero attached hydrogens (tertiary/aromatic N) is 3. The topological polar surface area (TPSA) is 42.7 Å². The Hall–Kier alpha value is -1.84. The van der Waals surface area contributed by atoms with Crippen molar-refractivity contribution >= 4 is 5.69 Å². The van der Waals surface area contributed by atoms with E-state index in [1.54, 1.807) is 6.33 Å². The zero-order valence-electron chi connectivity index (χ0n) is 11.2. The maximum absolute atomic E-state index is 4.30. The predicted octanol–water partition coefficient (Wildman–Crippen LogP) is 2.85. The second-order valence-electron chi connectivity index (χ2n) is 4.98. The van der Waals surface area contributed by atoms with Crippen LogP contribution in [0.1, 0.15) is 25.2 Å². The largest absolute Gasteiger partial charge is 0.378 e. The highest BCUT2D eigenvalue weighted by Gasteiger charge is 2.05. The monoisotopic (exact) mass is 244 g/mol. The van der Waals surface area contributed by atoms with Gasteiger partial charge in [0.05, 0.1) is 6.54 Å². The van der Waals surface area contributed by atoms with Gasteiger partial charge in [-0.1, -0.05) is 26.0 Å². The fourth-order valence-corrected chi connectivity index (χ4v) is 1.86. The van der Waals surface area contributed by atoms with E-state index < -0.39 is 0 Å². The first-order valence-electron chi connectivity index (χ1n) is 6.32. The van der Waals surface area contributed by atoms with E-state index in [9.17, 15) is 0 Å². The lowest BCUT2D eigenvalue weighted by molar-refractivity contribution is 0.468. The summed E-state index contributed by atoms with van der Waals surface area (Å²) in [7, 11) is 0. The first-order chi connectivity index (χ1) is 8.65. The average molecular weight is 244 g/mol. The molecular weight excluding hydrogens is 224 g/mol. The normalized spacial score (nSPS) is 10.9. The summed E-state index contributed by atoms with van der Waals surface area (Å²) < 4.78 is 1.97. The summed E-state index contributed by atoms with van der Waals surface area (Å²) in [6.07, 6.45) is 1.62. The Kier molecular flexibility index (Phi) is 3.97. The van der Waals surface area contributed by atoms with E-state index in [2.05, 4.69) is 60.4 Å². The summed E-state index contributed by atoms with van der Waals surface area (Å²) in [5, 5.41) is 7.63.